The Morgan fingerprint density at radius 2 is 1.90 bits per heavy atom. The molecule has 1 aliphatic rings. The Labute approximate surface area is 175 Å². The van der Waals surface area contributed by atoms with Crippen molar-refractivity contribution >= 4 is 5.91 Å². The van der Waals surface area contributed by atoms with Gasteiger partial charge in [-0.1, -0.05) is 18.2 Å². The van der Waals surface area contributed by atoms with Crippen LogP contribution in [-0.2, 0) is 16.0 Å². The van der Waals surface area contributed by atoms with E-state index in [0.717, 1.165) is 30.2 Å². The molecule has 3 heterocycles. The molecule has 1 aromatic carbocycles. The number of morpholine rings is 1. The molecule has 1 amide bonds. The maximum absolute atomic E-state index is 12.4. The molecule has 0 unspecified atom stereocenters. The van der Waals surface area contributed by atoms with Crippen LogP contribution in [0.15, 0.2) is 51.3 Å². The van der Waals surface area contributed by atoms with Gasteiger partial charge in [-0.15, -0.1) is 10.2 Å². The normalized spacial score (nSPS) is 15.8. The van der Waals surface area contributed by atoms with Crippen molar-refractivity contribution in [3.8, 4) is 11.5 Å². The van der Waals surface area contributed by atoms with Crippen LogP contribution in [0.5, 0.6) is 0 Å². The first kappa shape index (κ1) is 20.3. The lowest BCUT2D eigenvalue weighted by Gasteiger charge is -2.33. The fourth-order valence-corrected chi connectivity index (χ4v) is 3.50. The average molecular weight is 410 g/mol. The van der Waals surface area contributed by atoms with Crippen LogP contribution in [0.4, 0.5) is 0 Å². The Kier molecular flexibility index (Phi) is 6.56. The minimum absolute atomic E-state index is 0.0142. The van der Waals surface area contributed by atoms with E-state index >= 15 is 0 Å². The molecule has 1 N–H and O–H groups in total. The van der Waals surface area contributed by atoms with Gasteiger partial charge in [0.2, 0.25) is 17.7 Å². The summed E-state index contributed by atoms with van der Waals surface area (Å²) in [5.41, 5.74) is 0.864. The summed E-state index contributed by atoms with van der Waals surface area (Å²) >= 11 is 0. The number of benzene rings is 1. The van der Waals surface area contributed by atoms with Crippen molar-refractivity contribution in [3.05, 3.63) is 59.9 Å². The zero-order chi connectivity index (χ0) is 20.8. The van der Waals surface area contributed by atoms with E-state index in [1.54, 1.807) is 0 Å². The van der Waals surface area contributed by atoms with Gasteiger partial charge in [0.1, 0.15) is 11.5 Å². The molecule has 1 saturated heterocycles. The molecule has 0 saturated carbocycles. The van der Waals surface area contributed by atoms with Gasteiger partial charge in [0.05, 0.1) is 19.3 Å². The summed E-state index contributed by atoms with van der Waals surface area (Å²) in [6.45, 7) is 5.39. The van der Waals surface area contributed by atoms with Crippen LogP contribution in [0.25, 0.3) is 11.5 Å². The molecular weight excluding hydrogens is 384 g/mol. The van der Waals surface area contributed by atoms with Crippen molar-refractivity contribution in [2.45, 2.75) is 25.8 Å². The summed E-state index contributed by atoms with van der Waals surface area (Å²) < 4.78 is 17.0. The Morgan fingerprint density at radius 1 is 1.10 bits per heavy atom. The van der Waals surface area contributed by atoms with Crippen molar-refractivity contribution < 1.29 is 18.4 Å². The van der Waals surface area contributed by atoms with Crippen LogP contribution in [-0.4, -0.2) is 53.9 Å². The number of hydrogen-bond donors (Lipinski definition) is 1. The molecule has 0 aliphatic carbocycles. The highest BCUT2D eigenvalue weighted by molar-refractivity contribution is 5.76. The minimum Gasteiger partial charge on any atom is -0.465 e. The van der Waals surface area contributed by atoms with Crippen molar-refractivity contribution in [1.82, 2.24) is 20.4 Å². The van der Waals surface area contributed by atoms with E-state index in [1.165, 1.54) is 0 Å². The number of rotatable bonds is 8. The topological polar surface area (TPSA) is 93.6 Å². The van der Waals surface area contributed by atoms with Gasteiger partial charge >= 0.3 is 0 Å². The molecule has 0 spiro atoms. The van der Waals surface area contributed by atoms with E-state index < -0.39 is 0 Å². The number of hydrogen-bond acceptors (Lipinski definition) is 7. The molecule has 8 heteroatoms. The number of furan rings is 1. The number of amides is 1. The van der Waals surface area contributed by atoms with Gasteiger partial charge in [-0.05, 0) is 31.2 Å². The predicted molar refractivity (Wildman–Crippen MR) is 110 cm³/mol. The number of nitrogens with one attached hydrogen (secondary N) is 1. The van der Waals surface area contributed by atoms with Crippen LogP contribution in [0, 0.1) is 6.92 Å². The summed E-state index contributed by atoms with van der Waals surface area (Å²) in [5, 5.41) is 11.1. The summed E-state index contributed by atoms with van der Waals surface area (Å²) in [6, 6.07) is 13.5. The third-order valence-corrected chi connectivity index (χ3v) is 5.12. The number of aryl methyl sites for hydroxylation is 2. The number of carbonyl (C=O) groups excluding carboxylic acids is 1. The first-order valence-corrected chi connectivity index (χ1v) is 10.2. The van der Waals surface area contributed by atoms with Gasteiger partial charge in [0.15, 0.2) is 0 Å². The monoisotopic (exact) mass is 410 g/mol. The van der Waals surface area contributed by atoms with Gasteiger partial charge in [0.25, 0.3) is 0 Å². The van der Waals surface area contributed by atoms with Crippen LogP contribution in [0.3, 0.4) is 0 Å². The largest absolute Gasteiger partial charge is 0.465 e. The average Bonchev–Trinajstić information content (AvgIpc) is 3.43. The van der Waals surface area contributed by atoms with Crippen LogP contribution < -0.4 is 5.32 Å². The third-order valence-electron chi connectivity index (χ3n) is 5.12. The summed E-state index contributed by atoms with van der Waals surface area (Å²) in [7, 11) is 0. The first-order valence-electron chi connectivity index (χ1n) is 10.2. The zero-order valence-corrected chi connectivity index (χ0v) is 17.0. The number of aromatic nitrogens is 2. The highest BCUT2D eigenvalue weighted by atomic mass is 16.5. The Balaban J connectivity index is 1.31. The van der Waals surface area contributed by atoms with Crippen LogP contribution >= 0.6 is 0 Å². The fourth-order valence-electron chi connectivity index (χ4n) is 3.50. The van der Waals surface area contributed by atoms with Gasteiger partial charge in [0, 0.05) is 38.0 Å². The summed E-state index contributed by atoms with van der Waals surface area (Å²) in [6.07, 6.45) is 0.678. The first-order chi connectivity index (χ1) is 14.7. The van der Waals surface area contributed by atoms with Crippen molar-refractivity contribution in [2.75, 3.05) is 32.8 Å². The lowest BCUT2D eigenvalue weighted by Crippen LogP contribution is -2.43. The summed E-state index contributed by atoms with van der Waals surface area (Å²) in [5.74, 6) is 2.58. The second-order valence-electron chi connectivity index (χ2n) is 7.28. The molecule has 158 valence electrons. The molecular formula is C22H26N4O4. The SMILES string of the molecule is Cc1ccc([C@H](CNC(=O)CCc2nnc(-c3ccccc3)o2)N2CCOCC2)o1. The number of carbonyl (C=O) groups is 1. The molecule has 8 nitrogen and oxygen atoms in total. The van der Waals surface area contributed by atoms with Gasteiger partial charge in [-0.3, -0.25) is 9.69 Å². The van der Waals surface area contributed by atoms with E-state index in [2.05, 4.69) is 20.4 Å². The lowest BCUT2D eigenvalue weighted by molar-refractivity contribution is -0.121. The van der Waals surface area contributed by atoms with E-state index in [1.807, 2.05) is 49.4 Å². The Hall–Kier alpha value is -2.97. The molecule has 0 bridgehead atoms. The molecule has 1 aliphatic heterocycles. The van der Waals surface area contributed by atoms with E-state index in [9.17, 15) is 4.79 Å². The molecule has 2 aromatic heterocycles. The minimum atomic E-state index is -0.0593. The van der Waals surface area contributed by atoms with E-state index in [0.29, 0.717) is 38.0 Å². The maximum Gasteiger partial charge on any atom is 0.247 e. The van der Waals surface area contributed by atoms with Gasteiger partial charge < -0.3 is 18.9 Å². The van der Waals surface area contributed by atoms with Gasteiger partial charge in [-0.2, -0.15) is 0 Å². The smallest absolute Gasteiger partial charge is 0.247 e. The Morgan fingerprint density at radius 3 is 2.63 bits per heavy atom. The fraction of sp³-hybridized carbons (Fsp3) is 0.409. The van der Waals surface area contributed by atoms with Crippen molar-refractivity contribution in [3.63, 3.8) is 0 Å². The molecule has 30 heavy (non-hydrogen) atoms. The molecule has 4 rings (SSSR count). The zero-order valence-electron chi connectivity index (χ0n) is 17.0. The van der Waals surface area contributed by atoms with E-state index in [-0.39, 0.29) is 18.4 Å². The maximum atomic E-state index is 12.4. The number of ether oxygens (including phenoxy) is 1. The second-order valence-corrected chi connectivity index (χ2v) is 7.28. The third kappa shape index (κ3) is 5.14. The van der Waals surface area contributed by atoms with Crippen LogP contribution in [0.2, 0.25) is 0 Å². The second kappa shape index (κ2) is 9.69. The standard InChI is InChI=1S/C22H26N4O4/c1-16-7-8-19(29-16)18(26-11-13-28-14-12-26)15-23-20(27)9-10-21-24-25-22(30-21)17-5-3-2-4-6-17/h2-8,18H,9-15H2,1H3,(H,23,27)/t18-/m0/s1. The van der Waals surface area contributed by atoms with Gasteiger partial charge in [-0.25, -0.2) is 0 Å². The molecule has 1 atom stereocenters. The van der Waals surface area contributed by atoms with E-state index in [4.69, 9.17) is 13.6 Å². The molecule has 3 aromatic rings. The Bertz CT molecular complexity index is 947. The van der Waals surface area contributed by atoms with Crippen molar-refractivity contribution in [2.24, 2.45) is 0 Å². The van der Waals surface area contributed by atoms with Crippen LogP contribution in [0.1, 0.15) is 29.9 Å². The molecule has 0 radical (unpaired) electrons. The quantitative estimate of drug-likeness (QED) is 0.610. The highest BCUT2D eigenvalue weighted by Crippen LogP contribution is 2.23. The molecule has 1 fully saturated rings. The summed E-state index contributed by atoms with van der Waals surface area (Å²) in [4.78, 5) is 14.7. The highest BCUT2D eigenvalue weighted by Gasteiger charge is 2.25. The predicted octanol–water partition coefficient (Wildman–Crippen LogP) is 2.76. The van der Waals surface area contributed by atoms with Crippen molar-refractivity contribution in [1.29, 1.82) is 0 Å². The number of nitrogens with zero attached hydrogens (tertiary/aromatic N) is 3. The lowest BCUT2D eigenvalue weighted by atomic mass is 10.1.